The Labute approximate surface area is 77.1 Å². The van der Waals surface area contributed by atoms with Gasteiger partial charge in [0.25, 0.3) is 0 Å². The normalized spacial score (nSPS) is 31.8. The topological polar surface area (TPSA) is 3.24 Å². The van der Waals surface area contributed by atoms with Crippen molar-refractivity contribution in [2.24, 2.45) is 11.3 Å². The van der Waals surface area contributed by atoms with Crippen LogP contribution in [-0.4, -0.2) is 25.0 Å². The van der Waals surface area contributed by atoms with Crippen molar-refractivity contribution in [3.8, 4) is 0 Å². The Morgan fingerprint density at radius 1 is 1.42 bits per heavy atom. The average molecular weight is 169 g/mol. The Hall–Kier alpha value is -0.0400. The Balaban J connectivity index is 2.30. The molecule has 12 heavy (non-hydrogen) atoms. The summed E-state index contributed by atoms with van der Waals surface area (Å²) in [5.74, 6) is 0.868. The summed E-state index contributed by atoms with van der Waals surface area (Å²) in [6.45, 7) is 9.69. The average Bonchev–Trinajstić information content (AvgIpc) is 2.29. The van der Waals surface area contributed by atoms with E-state index in [-0.39, 0.29) is 0 Å². The zero-order valence-electron chi connectivity index (χ0n) is 9.06. The van der Waals surface area contributed by atoms with Crippen molar-refractivity contribution < 1.29 is 0 Å². The molecule has 1 rings (SSSR count). The summed E-state index contributed by atoms with van der Waals surface area (Å²) in [6, 6.07) is 0. The van der Waals surface area contributed by atoms with E-state index < -0.39 is 0 Å². The quantitative estimate of drug-likeness (QED) is 0.628. The molecular formula is C11H23N. The van der Waals surface area contributed by atoms with Crippen molar-refractivity contribution in [1.82, 2.24) is 4.90 Å². The molecule has 0 aromatic carbocycles. The summed E-state index contributed by atoms with van der Waals surface area (Å²) in [4.78, 5) is 2.46. The lowest BCUT2D eigenvalue weighted by atomic mass is 9.83. The van der Waals surface area contributed by atoms with E-state index in [1.807, 2.05) is 0 Å². The smallest absolute Gasteiger partial charge is 0.00328 e. The third-order valence-corrected chi connectivity index (χ3v) is 3.07. The van der Waals surface area contributed by atoms with Gasteiger partial charge >= 0.3 is 0 Å². The SMILES string of the molecule is CC(C)CC[C@@]1(C)CCN(C)C1. The first kappa shape index (κ1) is 10.0. The Morgan fingerprint density at radius 3 is 2.50 bits per heavy atom. The van der Waals surface area contributed by atoms with Gasteiger partial charge in [-0.25, -0.2) is 0 Å². The van der Waals surface area contributed by atoms with Crippen molar-refractivity contribution in [2.45, 2.75) is 40.0 Å². The lowest BCUT2D eigenvalue weighted by molar-refractivity contribution is 0.269. The molecule has 1 fully saturated rings. The maximum atomic E-state index is 2.46. The van der Waals surface area contributed by atoms with Crippen molar-refractivity contribution in [1.29, 1.82) is 0 Å². The van der Waals surface area contributed by atoms with Crippen molar-refractivity contribution in [2.75, 3.05) is 20.1 Å². The third-order valence-electron chi connectivity index (χ3n) is 3.07. The lowest BCUT2D eigenvalue weighted by Gasteiger charge is -2.24. The zero-order chi connectivity index (χ0) is 9.19. The van der Waals surface area contributed by atoms with E-state index in [9.17, 15) is 0 Å². The molecular weight excluding hydrogens is 146 g/mol. The second-order valence-electron chi connectivity index (χ2n) is 5.23. The van der Waals surface area contributed by atoms with Crippen molar-refractivity contribution in [3.05, 3.63) is 0 Å². The van der Waals surface area contributed by atoms with Crippen LogP contribution in [0.15, 0.2) is 0 Å². The van der Waals surface area contributed by atoms with Gasteiger partial charge in [0.05, 0.1) is 0 Å². The van der Waals surface area contributed by atoms with Gasteiger partial charge in [0.15, 0.2) is 0 Å². The highest BCUT2D eigenvalue weighted by Gasteiger charge is 2.31. The van der Waals surface area contributed by atoms with E-state index in [2.05, 4.69) is 32.7 Å². The third kappa shape index (κ3) is 2.78. The van der Waals surface area contributed by atoms with E-state index in [1.54, 1.807) is 0 Å². The molecule has 0 aromatic heterocycles. The Morgan fingerprint density at radius 2 is 2.08 bits per heavy atom. The van der Waals surface area contributed by atoms with Gasteiger partial charge in [-0.3, -0.25) is 0 Å². The molecule has 0 spiro atoms. The van der Waals surface area contributed by atoms with Crippen LogP contribution in [0.1, 0.15) is 40.0 Å². The van der Waals surface area contributed by atoms with E-state index in [1.165, 1.54) is 32.4 Å². The van der Waals surface area contributed by atoms with Crippen molar-refractivity contribution in [3.63, 3.8) is 0 Å². The molecule has 1 saturated heterocycles. The van der Waals surface area contributed by atoms with Crippen LogP contribution >= 0.6 is 0 Å². The molecule has 0 N–H and O–H groups in total. The molecule has 1 heteroatoms. The van der Waals surface area contributed by atoms with E-state index >= 15 is 0 Å². The second-order valence-corrected chi connectivity index (χ2v) is 5.23. The summed E-state index contributed by atoms with van der Waals surface area (Å²) in [7, 11) is 2.24. The molecule has 0 unspecified atom stereocenters. The number of likely N-dealkylation sites (tertiary alicyclic amines) is 1. The van der Waals surface area contributed by atoms with Crippen molar-refractivity contribution >= 4 is 0 Å². The second kappa shape index (κ2) is 3.78. The zero-order valence-corrected chi connectivity index (χ0v) is 9.06. The molecule has 0 aromatic rings. The first-order valence-electron chi connectivity index (χ1n) is 5.20. The number of hydrogen-bond acceptors (Lipinski definition) is 1. The first-order chi connectivity index (χ1) is 5.52. The molecule has 1 heterocycles. The fourth-order valence-corrected chi connectivity index (χ4v) is 2.11. The largest absolute Gasteiger partial charge is 0.306 e. The van der Waals surface area contributed by atoms with Gasteiger partial charge in [-0.15, -0.1) is 0 Å². The maximum Gasteiger partial charge on any atom is 0.00328 e. The predicted molar refractivity (Wildman–Crippen MR) is 54.3 cm³/mol. The Kier molecular flexibility index (Phi) is 3.16. The van der Waals surface area contributed by atoms with Gasteiger partial charge in [-0.05, 0) is 37.8 Å². The van der Waals surface area contributed by atoms with Crippen LogP contribution in [0.4, 0.5) is 0 Å². The van der Waals surface area contributed by atoms with Crippen LogP contribution in [0.5, 0.6) is 0 Å². The summed E-state index contributed by atoms with van der Waals surface area (Å²) in [5, 5.41) is 0. The number of hydrogen-bond donors (Lipinski definition) is 0. The van der Waals surface area contributed by atoms with E-state index in [4.69, 9.17) is 0 Å². The molecule has 1 aliphatic heterocycles. The van der Waals surface area contributed by atoms with Gasteiger partial charge in [0.1, 0.15) is 0 Å². The van der Waals surface area contributed by atoms with Crippen LogP contribution < -0.4 is 0 Å². The van der Waals surface area contributed by atoms with Crippen LogP contribution in [0.2, 0.25) is 0 Å². The van der Waals surface area contributed by atoms with Crippen LogP contribution in [-0.2, 0) is 0 Å². The highest BCUT2D eigenvalue weighted by Crippen LogP contribution is 2.34. The van der Waals surface area contributed by atoms with Gasteiger partial charge in [-0.2, -0.15) is 0 Å². The summed E-state index contributed by atoms with van der Waals surface area (Å²) >= 11 is 0. The minimum atomic E-state index is 0.624. The highest BCUT2D eigenvalue weighted by molar-refractivity contribution is 4.84. The molecule has 0 saturated carbocycles. The predicted octanol–water partition coefficient (Wildman–Crippen LogP) is 2.76. The number of rotatable bonds is 3. The molecule has 1 nitrogen and oxygen atoms in total. The molecule has 0 bridgehead atoms. The monoisotopic (exact) mass is 169 g/mol. The van der Waals surface area contributed by atoms with Gasteiger partial charge in [0.2, 0.25) is 0 Å². The van der Waals surface area contributed by atoms with Gasteiger partial charge in [-0.1, -0.05) is 27.2 Å². The van der Waals surface area contributed by atoms with E-state index in [0.717, 1.165) is 5.92 Å². The lowest BCUT2D eigenvalue weighted by Crippen LogP contribution is -2.22. The Bertz CT molecular complexity index is 142. The van der Waals surface area contributed by atoms with Gasteiger partial charge < -0.3 is 4.90 Å². The molecule has 0 radical (unpaired) electrons. The summed E-state index contributed by atoms with van der Waals surface area (Å²) in [5.41, 5.74) is 0.624. The minimum absolute atomic E-state index is 0.624. The molecule has 1 aliphatic rings. The molecule has 72 valence electrons. The van der Waals surface area contributed by atoms with Crippen LogP contribution in [0, 0.1) is 11.3 Å². The molecule has 1 atom stereocenters. The minimum Gasteiger partial charge on any atom is -0.306 e. The molecule has 0 amide bonds. The maximum absolute atomic E-state index is 2.46. The van der Waals surface area contributed by atoms with Gasteiger partial charge in [0, 0.05) is 6.54 Å². The molecule has 0 aliphatic carbocycles. The fraction of sp³-hybridized carbons (Fsp3) is 1.00. The van der Waals surface area contributed by atoms with E-state index in [0.29, 0.717) is 5.41 Å². The first-order valence-corrected chi connectivity index (χ1v) is 5.20. The number of nitrogens with zero attached hydrogens (tertiary/aromatic N) is 1. The summed E-state index contributed by atoms with van der Waals surface area (Å²) < 4.78 is 0. The highest BCUT2D eigenvalue weighted by atomic mass is 15.1. The van der Waals surface area contributed by atoms with Crippen LogP contribution in [0.3, 0.4) is 0 Å². The standard InChI is InChI=1S/C11H23N/c1-10(2)5-6-11(3)7-8-12(4)9-11/h10H,5-9H2,1-4H3/t11-/m0/s1. The fourth-order valence-electron chi connectivity index (χ4n) is 2.11. The van der Waals surface area contributed by atoms with Crippen LogP contribution in [0.25, 0.3) is 0 Å². The summed E-state index contributed by atoms with van der Waals surface area (Å²) in [6.07, 6.45) is 4.20.